The molecule has 2 rings (SSSR count). The minimum Gasteiger partial charge on any atom is -0.454 e. The Morgan fingerprint density at radius 1 is 1.39 bits per heavy atom. The van der Waals surface area contributed by atoms with Crippen molar-refractivity contribution in [3.05, 3.63) is 23.8 Å². The number of carbonyl (C=O) groups excluding carboxylic acids is 1. The van der Waals surface area contributed by atoms with E-state index >= 15 is 0 Å². The average molecular weight is 294 g/mol. The largest absolute Gasteiger partial charge is 0.454 e. The first-order valence-electron chi connectivity index (χ1n) is 4.72. The van der Waals surface area contributed by atoms with E-state index in [-0.39, 0.29) is 13.4 Å². The molecule has 0 bridgehead atoms. The van der Waals surface area contributed by atoms with Gasteiger partial charge in [0, 0.05) is 10.7 Å². The summed E-state index contributed by atoms with van der Waals surface area (Å²) in [5.74, 6) is 1.15. The number of hydrogen-bond acceptors (Lipinski definition) is 6. The number of amides is 1. The van der Waals surface area contributed by atoms with Crippen molar-refractivity contribution < 1.29 is 27.4 Å². The highest BCUT2D eigenvalue weighted by atomic mass is 35.7. The summed E-state index contributed by atoms with van der Waals surface area (Å²) in [7, 11) is 0.676. The van der Waals surface area contributed by atoms with Crippen molar-refractivity contribution in [1.29, 1.82) is 0 Å². The Labute approximate surface area is 107 Å². The third-order valence-corrected chi connectivity index (χ3v) is 2.65. The molecule has 0 radical (unpaired) electrons. The van der Waals surface area contributed by atoms with E-state index in [2.05, 4.69) is 4.74 Å². The summed E-state index contributed by atoms with van der Waals surface area (Å²) in [5.41, 5.74) is 0.626. The lowest BCUT2D eigenvalue weighted by molar-refractivity contribution is 0.146. The van der Waals surface area contributed by atoms with Crippen molar-refractivity contribution >= 4 is 26.0 Å². The first-order valence-corrected chi connectivity index (χ1v) is 7.03. The van der Waals surface area contributed by atoms with Crippen LogP contribution >= 0.6 is 10.7 Å². The van der Waals surface area contributed by atoms with Gasteiger partial charge in [-0.25, -0.2) is 9.52 Å². The van der Waals surface area contributed by atoms with Crippen LogP contribution in [0.1, 0.15) is 5.56 Å². The molecule has 1 aliphatic heterocycles. The van der Waals surface area contributed by atoms with Crippen LogP contribution in [0.4, 0.5) is 4.79 Å². The number of benzene rings is 1. The summed E-state index contributed by atoms with van der Waals surface area (Å²) >= 11 is 0. The third-order valence-electron chi connectivity index (χ3n) is 2.01. The minimum absolute atomic E-state index is 0.116. The number of carbonyl (C=O) groups is 1. The summed E-state index contributed by atoms with van der Waals surface area (Å²) in [6.45, 7) is 0.0273. The second-order valence-electron chi connectivity index (χ2n) is 3.30. The van der Waals surface area contributed by atoms with E-state index in [1.807, 2.05) is 0 Å². The number of rotatable bonds is 3. The van der Waals surface area contributed by atoms with Crippen LogP contribution in [0.3, 0.4) is 0 Å². The molecule has 0 saturated carbocycles. The van der Waals surface area contributed by atoms with Crippen molar-refractivity contribution in [2.75, 3.05) is 6.79 Å². The zero-order valence-electron chi connectivity index (χ0n) is 8.88. The average Bonchev–Trinajstić information content (AvgIpc) is 2.71. The van der Waals surface area contributed by atoms with E-state index in [0.717, 1.165) is 0 Å². The maximum atomic E-state index is 11.0. The molecule has 1 amide bonds. The fourth-order valence-corrected chi connectivity index (χ4v) is 1.76. The molecule has 0 saturated heterocycles. The smallest absolute Gasteiger partial charge is 0.422 e. The number of hydrogen-bond donors (Lipinski definition) is 1. The van der Waals surface area contributed by atoms with E-state index in [1.165, 1.54) is 4.72 Å². The van der Waals surface area contributed by atoms with Gasteiger partial charge < -0.3 is 14.2 Å². The minimum atomic E-state index is -4.13. The van der Waals surface area contributed by atoms with Crippen LogP contribution in [0.15, 0.2) is 18.2 Å². The van der Waals surface area contributed by atoms with Crippen LogP contribution < -0.4 is 14.2 Å². The van der Waals surface area contributed by atoms with E-state index in [1.54, 1.807) is 18.2 Å². The van der Waals surface area contributed by atoms with Crippen molar-refractivity contribution in [2.24, 2.45) is 0 Å². The SMILES string of the molecule is O=C(NS(=O)(=O)Cl)OCc1ccc2c(c1)OCO2. The third kappa shape index (κ3) is 3.41. The Hall–Kier alpha value is -1.67. The fourth-order valence-electron chi connectivity index (χ4n) is 1.31. The Morgan fingerprint density at radius 3 is 2.83 bits per heavy atom. The van der Waals surface area contributed by atoms with Crippen LogP contribution in [-0.2, 0) is 20.6 Å². The lowest BCUT2D eigenvalue weighted by Crippen LogP contribution is -2.27. The summed E-state index contributed by atoms with van der Waals surface area (Å²) in [6.07, 6.45) is -1.15. The predicted molar refractivity (Wildman–Crippen MR) is 60.7 cm³/mol. The van der Waals surface area contributed by atoms with Gasteiger partial charge >= 0.3 is 15.3 Å². The van der Waals surface area contributed by atoms with Crippen LogP contribution in [0, 0.1) is 0 Å². The second kappa shape index (κ2) is 4.91. The van der Waals surface area contributed by atoms with Crippen LogP contribution in [-0.4, -0.2) is 21.3 Å². The topological polar surface area (TPSA) is 90.9 Å². The fraction of sp³-hybridized carbons (Fsp3) is 0.222. The summed E-state index contributed by atoms with van der Waals surface area (Å²) in [5, 5.41) is 0. The molecule has 9 heteroatoms. The molecule has 1 aliphatic rings. The Kier molecular flexibility index (Phi) is 3.48. The van der Waals surface area contributed by atoms with Crippen LogP contribution in [0.2, 0.25) is 0 Å². The highest BCUT2D eigenvalue weighted by Gasteiger charge is 2.15. The lowest BCUT2D eigenvalue weighted by atomic mass is 10.2. The van der Waals surface area contributed by atoms with E-state index in [0.29, 0.717) is 17.1 Å². The molecule has 1 aromatic rings. The van der Waals surface area contributed by atoms with Gasteiger partial charge in [0.2, 0.25) is 6.79 Å². The van der Waals surface area contributed by atoms with Crippen molar-refractivity contribution in [3.63, 3.8) is 0 Å². The highest BCUT2D eigenvalue weighted by molar-refractivity contribution is 8.12. The molecular weight excluding hydrogens is 286 g/mol. The standard InChI is InChI=1S/C9H8ClNO6S/c10-18(13,14)11-9(12)15-4-6-1-2-7-8(3-6)17-5-16-7/h1-3H,4-5H2,(H,11,12). The second-order valence-corrected chi connectivity index (χ2v) is 5.60. The molecule has 18 heavy (non-hydrogen) atoms. The summed E-state index contributed by atoms with van der Waals surface area (Å²) in [4.78, 5) is 11.0. The van der Waals surface area contributed by atoms with Gasteiger partial charge in [0.25, 0.3) is 0 Å². The van der Waals surface area contributed by atoms with Gasteiger partial charge in [-0.3, -0.25) is 0 Å². The summed E-state index contributed by atoms with van der Waals surface area (Å²) in [6, 6.07) is 4.96. The van der Waals surface area contributed by atoms with Gasteiger partial charge in [-0.15, -0.1) is 0 Å². The molecule has 0 atom stereocenters. The van der Waals surface area contributed by atoms with E-state index in [4.69, 9.17) is 20.2 Å². The van der Waals surface area contributed by atoms with Crippen LogP contribution in [0.5, 0.6) is 11.5 Å². The number of halogens is 1. The normalized spacial score (nSPS) is 13.2. The van der Waals surface area contributed by atoms with Gasteiger partial charge in [0.15, 0.2) is 11.5 Å². The molecule has 0 fully saturated rings. The van der Waals surface area contributed by atoms with E-state index < -0.39 is 15.3 Å². The molecule has 0 aromatic heterocycles. The number of nitrogens with one attached hydrogen (secondary N) is 1. The Morgan fingerprint density at radius 2 is 2.11 bits per heavy atom. The van der Waals surface area contributed by atoms with Gasteiger partial charge in [-0.1, -0.05) is 6.07 Å². The van der Waals surface area contributed by atoms with Gasteiger partial charge in [0.05, 0.1) is 0 Å². The maximum Gasteiger partial charge on any atom is 0.422 e. The molecule has 98 valence electrons. The van der Waals surface area contributed by atoms with Crippen molar-refractivity contribution in [3.8, 4) is 11.5 Å². The first-order chi connectivity index (χ1) is 8.44. The Bertz CT molecular complexity index is 572. The maximum absolute atomic E-state index is 11.0. The molecule has 0 spiro atoms. The predicted octanol–water partition coefficient (Wildman–Crippen LogP) is 1.13. The molecule has 1 aromatic carbocycles. The zero-order chi connectivity index (χ0) is 13.2. The van der Waals surface area contributed by atoms with E-state index in [9.17, 15) is 13.2 Å². The van der Waals surface area contributed by atoms with Gasteiger partial charge in [-0.05, 0) is 17.7 Å². The molecule has 1 heterocycles. The van der Waals surface area contributed by atoms with Gasteiger partial charge in [-0.2, -0.15) is 8.42 Å². The van der Waals surface area contributed by atoms with Crippen molar-refractivity contribution in [2.45, 2.75) is 6.61 Å². The molecule has 1 N–H and O–H groups in total. The molecule has 7 nitrogen and oxygen atoms in total. The Balaban J connectivity index is 1.93. The quantitative estimate of drug-likeness (QED) is 0.840. The monoisotopic (exact) mass is 293 g/mol. The van der Waals surface area contributed by atoms with Crippen LogP contribution in [0.25, 0.3) is 0 Å². The molecule has 0 unspecified atom stereocenters. The van der Waals surface area contributed by atoms with Gasteiger partial charge in [0.1, 0.15) is 6.61 Å². The highest BCUT2D eigenvalue weighted by Crippen LogP contribution is 2.32. The molecule has 0 aliphatic carbocycles. The number of fused-ring (bicyclic) bond motifs is 1. The summed E-state index contributed by atoms with van der Waals surface area (Å²) < 4.78 is 37.4. The zero-order valence-corrected chi connectivity index (χ0v) is 10.5. The lowest BCUT2D eigenvalue weighted by Gasteiger charge is -2.05. The number of ether oxygens (including phenoxy) is 3. The first kappa shape index (κ1) is 12.8. The van der Waals surface area contributed by atoms with Crippen molar-refractivity contribution in [1.82, 2.24) is 4.72 Å². The molecular formula is C9H8ClNO6S.